The molecule has 1 aromatic carbocycles. The average Bonchev–Trinajstić information content (AvgIpc) is 2.68. The van der Waals surface area contributed by atoms with Gasteiger partial charge in [-0.25, -0.2) is 0 Å². The Balaban J connectivity index is 2.10. The summed E-state index contributed by atoms with van der Waals surface area (Å²) in [6.07, 6.45) is 2.13. The van der Waals surface area contributed by atoms with Gasteiger partial charge in [0.05, 0.1) is 6.04 Å². The van der Waals surface area contributed by atoms with Crippen molar-refractivity contribution in [2.75, 3.05) is 6.54 Å². The molecule has 2 heterocycles. The van der Waals surface area contributed by atoms with E-state index < -0.39 is 0 Å². The second-order valence-corrected chi connectivity index (χ2v) is 4.98. The van der Waals surface area contributed by atoms with Crippen LogP contribution in [0.2, 0.25) is 0 Å². The Morgan fingerprint density at radius 1 is 1.41 bits per heavy atom. The SMILES string of the molecule is C=C(C)C[C@@H]1NCCc2c1[nH]c1ccccc21. The van der Waals surface area contributed by atoms with Crippen molar-refractivity contribution in [3.8, 4) is 0 Å². The van der Waals surface area contributed by atoms with E-state index in [9.17, 15) is 0 Å². The van der Waals surface area contributed by atoms with Crippen molar-refractivity contribution in [1.82, 2.24) is 10.3 Å². The Kier molecular flexibility index (Phi) is 2.52. The average molecular weight is 226 g/mol. The standard InChI is InChI=1S/C15H18N2/c1-10(2)9-14-15-12(7-8-16-14)11-5-3-4-6-13(11)17-15/h3-6,14,16-17H,1,7-9H2,2H3/t14-/m0/s1. The van der Waals surface area contributed by atoms with Crippen LogP contribution in [0.25, 0.3) is 10.9 Å². The first-order valence-electron chi connectivity index (χ1n) is 6.23. The highest BCUT2D eigenvalue weighted by molar-refractivity contribution is 5.85. The number of aromatic amines is 1. The van der Waals surface area contributed by atoms with E-state index in [-0.39, 0.29) is 0 Å². The minimum atomic E-state index is 0.406. The molecule has 2 nitrogen and oxygen atoms in total. The Morgan fingerprint density at radius 3 is 3.06 bits per heavy atom. The number of hydrogen-bond donors (Lipinski definition) is 2. The molecule has 2 N–H and O–H groups in total. The molecule has 1 atom stereocenters. The zero-order valence-corrected chi connectivity index (χ0v) is 10.2. The fraction of sp³-hybridized carbons (Fsp3) is 0.333. The maximum Gasteiger partial charge on any atom is 0.0513 e. The number of rotatable bonds is 2. The molecule has 17 heavy (non-hydrogen) atoms. The van der Waals surface area contributed by atoms with Gasteiger partial charge in [-0.3, -0.25) is 0 Å². The number of fused-ring (bicyclic) bond motifs is 3. The van der Waals surface area contributed by atoms with Gasteiger partial charge in [0, 0.05) is 16.6 Å². The van der Waals surface area contributed by atoms with Crippen LogP contribution in [0, 0.1) is 0 Å². The van der Waals surface area contributed by atoms with Crippen LogP contribution >= 0.6 is 0 Å². The lowest BCUT2D eigenvalue weighted by Gasteiger charge is -2.24. The van der Waals surface area contributed by atoms with Gasteiger partial charge in [-0.2, -0.15) is 0 Å². The first-order chi connectivity index (χ1) is 8.25. The van der Waals surface area contributed by atoms with E-state index in [0.29, 0.717) is 6.04 Å². The van der Waals surface area contributed by atoms with E-state index in [0.717, 1.165) is 19.4 Å². The predicted octanol–water partition coefficient (Wildman–Crippen LogP) is 3.32. The number of nitrogens with one attached hydrogen (secondary N) is 2. The topological polar surface area (TPSA) is 27.8 Å². The van der Waals surface area contributed by atoms with Crippen LogP contribution in [0.1, 0.15) is 30.6 Å². The molecule has 0 fully saturated rings. The summed E-state index contributed by atoms with van der Waals surface area (Å²) in [6, 6.07) is 8.99. The molecular weight excluding hydrogens is 208 g/mol. The molecule has 88 valence electrons. The van der Waals surface area contributed by atoms with Gasteiger partial charge in [0.2, 0.25) is 0 Å². The van der Waals surface area contributed by atoms with E-state index in [1.54, 1.807) is 0 Å². The summed E-state index contributed by atoms with van der Waals surface area (Å²) >= 11 is 0. The monoisotopic (exact) mass is 226 g/mol. The number of para-hydroxylation sites is 1. The molecule has 0 amide bonds. The summed E-state index contributed by atoms with van der Waals surface area (Å²) in [5, 5.41) is 4.96. The summed E-state index contributed by atoms with van der Waals surface area (Å²) in [4.78, 5) is 3.57. The van der Waals surface area contributed by atoms with Crippen molar-refractivity contribution >= 4 is 10.9 Å². The maximum absolute atomic E-state index is 4.02. The molecule has 0 saturated carbocycles. The Hall–Kier alpha value is -1.54. The van der Waals surface area contributed by atoms with Crippen molar-refractivity contribution in [1.29, 1.82) is 0 Å². The van der Waals surface area contributed by atoms with E-state index >= 15 is 0 Å². The molecule has 2 aromatic rings. The quantitative estimate of drug-likeness (QED) is 0.755. The fourth-order valence-electron chi connectivity index (χ4n) is 2.78. The normalized spacial score (nSPS) is 19.2. The summed E-state index contributed by atoms with van der Waals surface area (Å²) in [5.74, 6) is 0. The largest absolute Gasteiger partial charge is 0.357 e. The third kappa shape index (κ3) is 1.79. The summed E-state index contributed by atoms with van der Waals surface area (Å²) in [5.41, 5.74) is 5.34. The molecule has 0 radical (unpaired) electrons. The van der Waals surface area contributed by atoms with E-state index in [1.807, 2.05) is 0 Å². The molecule has 0 spiro atoms. The van der Waals surface area contributed by atoms with Crippen molar-refractivity contribution in [2.24, 2.45) is 0 Å². The molecular formula is C15H18N2. The minimum Gasteiger partial charge on any atom is -0.357 e. The van der Waals surface area contributed by atoms with Gasteiger partial charge in [-0.15, -0.1) is 6.58 Å². The lowest BCUT2D eigenvalue weighted by atomic mass is 9.95. The minimum absolute atomic E-state index is 0.406. The Bertz CT molecular complexity index is 565. The maximum atomic E-state index is 4.02. The highest BCUT2D eigenvalue weighted by Crippen LogP contribution is 2.32. The summed E-state index contributed by atoms with van der Waals surface area (Å²) in [6.45, 7) is 7.18. The van der Waals surface area contributed by atoms with Crippen molar-refractivity contribution in [3.05, 3.63) is 47.7 Å². The summed E-state index contributed by atoms with van der Waals surface area (Å²) in [7, 11) is 0. The van der Waals surface area contributed by atoms with E-state index in [2.05, 4.69) is 48.1 Å². The molecule has 3 rings (SSSR count). The van der Waals surface area contributed by atoms with Gasteiger partial charge >= 0.3 is 0 Å². The predicted molar refractivity (Wildman–Crippen MR) is 72.2 cm³/mol. The van der Waals surface area contributed by atoms with Crippen LogP contribution in [0.3, 0.4) is 0 Å². The van der Waals surface area contributed by atoms with Gasteiger partial charge in [0.15, 0.2) is 0 Å². The molecule has 1 aliphatic rings. The molecule has 1 aromatic heterocycles. The van der Waals surface area contributed by atoms with Gasteiger partial charge in [-0.05, 0) is 37.9 Å². The van der Waals surface area contributed by atoms with Gasteiger partial charge in [0.1, 0.15) is 0 Å². The Morgan fingerprint density at radius 2 is 2.24 bits per heavy atom. The van der Waals surface area contributed by atoms with Gasteiger partial charge in [0.25, 0.3) is 0 Å². The Labute approximate surface area is 102 Å². The number of aromatic nitrogens is 1. The molecule has 0 saturated heterocycles. The second kappa shape index (κ2) is 4.04. The molecule has 1 aliphatic heterocycles. The highest BCUT2D eigenvalue weighted by atomic mass is 15.0. The zero-order valence-electron chi connectivity index (χ0n) is 10.2. The second-order valence-electron chi connectivity index (χ2n) is 4.98. The van der Waals surface area contributed by atoms with Crippen molar-refractivity contribution in [2.45, 2.75) is 25.8 Å². The first kappa shape index (κ1) is 10.6. The highest BCUT2D eigenvalue weighted by Gasteiger charge is 2.23. The molecule has 0 unspecified atom stereocenters. The zero-order chi connectivity index (χ0) is 11.8. The first-order valence-corrected chi connectivity index (χ1v) is 6.23. The van der Waals surface area contributed by atoms with Crippen LogP contribution in [0.4, 0.5) is 0 Å². The third-order valence-corrected chi connectivity index (χ3v) is 3.51. The van der Waals surface area contributed by atoms with E-state index in [1.165, 1.54) is 27.7 Å². The third-order valence-electron chi connectivity index (χ3n) is 3.51. The molecule has 2 heteroatoms. The van der Waals surface area contributed by atoms with Crippen molar-refractivity contribution in [3.63, 3.8) is 0 Å². The van der Waals surface area contributed by atoms with Crippen LogP contribution in [0.15, 0.2) is 36.4 Å². The molecule has 0 bridgehead atoms. The number of benzene rings is 1. The van der Waals surface area contributed by atoms with Crippen LogP contribution < -0.4 is 5.32 Å². The van der Waals surface area contributed by atoms with Crippen LogP contribution in [-0.2, 0) is 6.42 Å². The van der Waals surface area contributed by atoms with Crippen LogP contribution in [0.5, 0.6) is 0 Å². The van der Waals surface area contributed by atoms with E-state index in [4.69, 9.17) is 0 Å². The van der Waals surface area contributed by atoms with Crippen molar-refractivity contribution < 1.29 is 0 Å². The number of hydrogen-bond acceptors (Lipinski definition) is 1. The lowest BCUT2D eigenvalue weighted by molar-refractivity contribution is 0.494. The lowest BCUT2D eigenvalue weighted by Crippen LogP contribution is -2.29. The van der Waals surface area contributed by atoms with Gasteiger partial charge < -0.3 is 10.3 Å². The van der Waals surface area contributed by atoms with Crippen LogP contribution in [-0.4, -0.2) is 11.5 Å². The fourth-order valence-corrected chi connectivity index (χ4v) is 2.78. The number of H-pyrrole nitrogens is 1. The summed E-state index contributed by atoms with van der Waals surface area (Å²) < 4.78 is 0. The smallest absolute Gasteiger partial charge is 0.0513 e. The van der Waals surface area contributed by atoms with Gasteiger partial charge in [-0.1, -0.05) is 23.8 Å². The molecule has 0 aliphatic carbocycles.